The second-order valence-electron chi connectivity index (χ2n) is 9.44. The zero-order valence-corrected chi connectivity index (χ0v) is 21.3. The average molecular weight is 439 g/mol. The Balaban J connectivity index is 2.55. The van der Waals surface area contributed by atoms with Crippen LogP contribution in [-0.2, 0) is 14.0 Å². The lowest BCUT2D eigenvalue weighted by molar-refractivity contribution is -0.135. The summed E-state index contributed by atoms with van der Waals surface area (Å²) in [6.45, 7) is 13.5. The van der Waals surface area contributed by atoms with Gasteiger partial charge in [0.2, 0.25) is 0 Å². The largest absolute Gasteiger partial charge is 0.465 e. The van der Waals surface area contributed by atoms with E-state index in [-0.39, 0.29) is 11.0 Å². The molecule has 0 saturated carbocycles. The Labute approximate surface area is 183 Å². The number of ether oxygens (including phenoxy) is 1. The van der Waals surface area contributed by atoms with Gasteiger partial charge in [0.05, 0.1) is 27.0 Å². The molecule has 0 fully saturated rings. The second-order valence-corrected chi connectivity index (χ2v) is 18.7. The van der Waals surface area contributed by atoms with Crippen LogP contribution in [0.3, 0.4) is 0 Å². The first-order chi connectivity index (χ1) is 14.0. The zero-order chi connectivity index (χ0) is 22.4. The number of hydrogen-bond acceptors (Lipinski definition) is 3. The molecule has 0 atom stereocenters. The fraction of sp³-hybridized carbons (Fsp3) is 0.360. The summed E-state index contributed by atoms with van der Waals surface area (Å²) in [5.41, 5.74) is 3.21. The molecule has 2 aromatic carbocycles. The Kier molecular flexibility index (Phi) is 7.83. The molecule has 3 nitrogen and oxygen atoms in total. The van der Waals surface area contributed by atoms with Crippen molar-refractivity contribution in [2.75, 3.05) is 13.7 Å². The maximum atomic E-state index is 12.2. The topological polar surface area (TPSA) is 35.5 Å². The highest BCUT2D eigenvalue weighted by molar-refractivity contribution is 6.99. The molecular formula is C25H34O3Si2. The molecular weight excluding hydrogens is 404 g/mol. The van der Waals surface area contributed by atoms with E-state index in [0.717, 1.165) is 0 Å². The van der Waals surface area contributed by atoms with Crippen LogP contribution in [0.1, 0.15) is 20.8 Å². The molecule has 0 aliphatic carbocycles. The summed E-state index contributed by atoms with van der Waals surface area (Å²) in [6.07, 6.45) is 1.85. The number of carbonyl (C=O) groups is 1. The number of benzene rings is 2. The summed E-state index contributed by atoms with van der Waals surface area (Å²) >= 11 is 0. The first kappa shape index (κ1) is 24.1. The van der Waals surface area contributed by atoms with E-state index in [0.29, 0.717) is 11.8 Å². The highest BCUT2D eigenvalue weighted by Crippen LogP contribution is 2.36. The van der Waals surface area contributed by atoms with E-state index in [1.165, 1.54) is 17.5 Å². The molecule has 0 unspecified atom stereocenters. The third kappa shape index (κ3) is 5.29. The van der Waals surface area contributed by atoms with E-state index in [4.69, 9.17) is 9.16 Å². The monoisotopic (exact) mass is 438 g/mol. The van der Waals surface area contributed by atoms with Gasteiger partial charge in [-0.15, -0.1) is 5.73 Å². The number of methoxy groups -OCH3 is 1. The summed E-state index contributed by atoms with van der Waals surface area (Å²) in [4.78, 5) is 12.2. The highest BCUT2D eigenvalue weighted by atomic mass is 28.4. The normalized spacial score (nSPS) is 12.1. The maximum absolute atomic E-state index is 12.2. The van der Waals surface area contributed by atoms with E-state index in [2.05, 4.69) is 94.7 Å². The molecule has 2 aromatic rings. The standard InChI is InChI=1S/C25H34O3Si2/c1-25(2,3)30(21-15-10-8-11-16-21,22-17-12-9-13-18-22)28-20-14-19-23(24(26)27-4)29(5,6)7/h8-18H,20H2,1-7H3. The molecule has 0 aliphatic rings. The van der Waals surface area contributed by atoms with E-state index < -0.39 is 16.4 Å². The van der Waals surface area contributed by atoms with Gasteiger partial charge in [0, 0.05) is 0 Å². The number of carbonyl (C=O) groups excluding carboxylic acids is 1. The lowest BCUT2D eigenvalue weighted by Crippen LogP contribution is -2.66. The Hall–Kier alpha value is -2.18. The van der Waals surface area contributed by atoms with Gasteiger partial charge in [-0.3, -0.25) is 0 Å². The first-order valence-electron chi connectivity index (χ1n) is 10.3. The lowest BCUT2D eigenvalue weighted by Gasteiger charge is -2.42. The fourth-order valence-corrected chi connectivity index (χ4v) is 9.49. The quantitative estimate of drug-likeness (QED) is 0.272. The van der Waals surface area contributed by atoms with E-state index in [1.807, 2.05) is 18.2 Å². The van der Waals surface area contributed by atoms with Crippen molar-refractivity contribution in [1.82, 2.24) is 0 Å². The van der Waals surface area contributed by atoms with Crippen LogP contribution >= 0.6 is 0 Å². The lowest BCUT2D eigenvalue weighted by atomic mass is 10.2. The second kappa shape index (κ2) is 9.75. The van der Waals surface area contributed by atoms with Crippen molar-refractivity contribution < 1.29 is 14.0 Å². The number of rotatable bonds is 7. The predicted octanol–water partition coefficient (Wildman–Crippen LogP) is 4.69. The Morgan fingerprint density at radius 2 is 1.40 bits per heavy atom. The summed E-state index contributed by atoms with van der Waals surface area (Å²) in [5.74, 6) is -0.295. The van der Waals surface area contributed by atoms with Gasteiger partial charge in [-0.25, -0.2) is 4.79 Å². The van der Waals surface area contributed by atoms with Gasteiger partial charge >= 0.3 is 5.97 Å². The maximum Gasteiger partial charge on any atom is 0.337 e. The van der Waals surface area contributed by atoms with Crippen molar-refractivity contribution >= 4 is 32.7 Å². The Morgan fingerprint density at radius 3 is 1.77 bits per heavy atom. The van der Waals surface area contributed by atoms with Crippen molar-refractivity contribution in [3.8, 4) is 0 Å². The fourth-order valence-electron chi connectivity index (χ4n) is 3.76. The molecule has 0 aliphatic heterocycles. The molecule has 0 radical (unpaired) electrons. The zero-order valence-electron chi connectivity index (χ0n) is 19.3. The molecule has 0 heterocycles. The Morgan fingerprint density at radius 1 is 0.933 bits per heavy atom. The SMILES string of the molecule is COC(=O)C(=C=CCO[Si](c1ccccc1)(c1ccccc1)C(C)(C)C)[Si](C)(C)C. The van der Waals surface area contributed by atoms with Gasteiger partial charge in [-0.2, -0.15) is 0 Å². The molecule has 0 spiro atoms. The van der Waals surface area contributed by atoms with Gasteiger partial charge in [0.25, 0.3) is 8.32 Å². The van der Waals surface area contributed by atoms with E-state index >= 15 is 0 Å². The molecule has 0 aromatic heterocycles. The van der Waals surface area contributed by atoms with Gasteiger partial charge in [0.1, 0.15) is 0 Å². The highest BCUT2D eigenvalue weighted by Gasteiger charge is 2.49. The van der Waals surface area contributed by atoms with Crippen molar-refractivity contribution in [2.24, 2.45) is 0 Å². The smallest absolute Gasteiger partial charge is 0.337 e. The molecule has 0 bridgehead atoms. The van der Waals surface area contributed by atoms with Crippen LogP contribution in [0, 0.1) is 0 Å². The molecule has 0 N–H and O–H groups in total. The van der Waals surface area contributed by atoms with Gasteiger partial charge < -0.3 is 9.16 Å². The van der Waals surface area contributed by atoms with Gasteiger partial charge in [-0.1, -0.05) is 101 Å². The summed E-state index contributed by atoms with van der Waals surface area (Å²) < 4.78 is 11.8. The average Bonchev–Trinajstić information content (AvgIpc) is 2.69. The molecule has 160 valence electrons. The third-order valence-corrected chi connectivity index (χ3v) is 12.0. The van der Waals surface area contributed by atoms with Crippen LogP contribution in [0.2, 0.25) is 24.7 Å². The predicted molar refractivity (Wildman–Crippen MR) is 131 cm³/mol. The summed E-state index contributed by atoms with van der Waals surface area (Å²) in [6, 6.07) is 21.1. The summed E-state index contributed by atoms with van der Waals surface area (Å²) in [7, 11) is -3.04. The van der Waals surface area contributed by atoms with Crippen LogP contribution in [-0.4, -0.2) is 36.1 Å². The van der Waals surface area contributed by atoms with Crippen LogP contribution < -0.4 is 10.4 Å². The van der Waals surface area contributed by atoms with Crippen molar-refractivity contribution in [2.45, 2.75) is 45.5 Å². The molecule has 2 rings (SSSR count). The van der Waals surface area contributed by atoms with Gasteiger partial charge in [0.15, 0.2) is 0 Å². The minimum Gasteiger partial charge on any atom is -0.465 e. The first-order valence-corrected chi connectivity index (χ1v) is 15.7. The molecule has 30 heavy (non-hydrogen) atoms. The Bertz CT molecular complexity index is 861. The van der Waals surface area contributed by atoms with Crippen molar-refractivity contribution in [3.05, 3.63) is 77.7 Å². The van der Waals surface area contributed by atoms with Crippen molar-refractivity contribution in [1.29, 1.82) is 0 Å². The summed E-state index contributed by atoms with van der Waals surface area (Å²) in [5, 5.41) is 3.03. The van der Waals surface area contributed by atoms with Crippen LogP contribution in [0.25, 0.3) is 0 Å². The third-order valence-electron chi connectivity index (χ3n) is 5.19. The van der Waals surface area contributed by atoms with Crippen LogP contribution in [0.4, 0.5) is 0 Å². The molecule has 5 heteroatoms. The van der Waals surface area contributed by atoms with Gasteiger partial charge in [-0.05, 0) is 21.5 Å². The van der Waals surface area contributed by atoms with Crippen LogP contribution in [0.5, 0.6) is 0 Å². The van der Waals surface area contributed by atoms with E-state index in [9.17, 15) is 4.79 Å². The minimum atomic E-state index is -2.59. The number of esters is 1. The molecule has 0 saturated heterocycles. The van der Waals surface area contributed by atoms with Crippen molar-refractivity contribution in [3.63, 3.8) is 0 Å². The minimum absolute atomic E-state index is 0.0861. The molecule has 0 amide bonds. The van der Waals surface area contributed by atoms with Crippen LogP contribution in [0.15, 0.2) is 77.7 Å². The number of hydrogen-bond donors (Lipinski definition) is 0. The van der Waals surface area contributed by atoms with E-state index in [1.54, 1.807) is 0 Å².